The SMILES string of the molecule is CCOc1cc(/C=C2\SC(=S)N(C(C)C)C2=O)cc(Br)c1OCC(=O)Nc1ccc(CC)cc1. The summed E-state index contributed by atoms with van der Waals surface area (Å²) in [6.45, 7) is 8.04. The van der Waals surface area contributed by atoms with Gasteiger partial charge in [-0.25, -0.2) is 0 Å². The number of thiocarbonyl (C=S) groups is 1. The van der Waals surface area contributed by atoms with Gasteiger partial charge in [0.2, 0.25) is 0 Å². The van der Waals surface area contributed by atoms with Crippen LogP contribution in [0.2, 0.25) is 0 Å². The summed E-state index contributed by atoms with van der Waals surface area (Å²) < 4.78 is 12.7. The van der Waals surface area contributed by atoms with Gasteiger partial charge in [-0.2, -0.15) is 0 Å². The fraction of sp³-hybridized carbons (Fsp3) is 0.320. The number of carbonyl (C=O) groups is 2. The van der Waals surface area contributed by atoms with E-state index in [9.17, 15) is 9.59 Å². The predicted octanol–water partition coefficient (Wildman–Crippen LogP) is 6.04. The van der Waals surface area contributed by atoms with Crippen molar-refractivity contribution in [3.05, 3.63) is 56.9 Å². The van der Waals surface area contributed by atoms with Gasteiger partial charge in [0.05, 0.1) is 16.0 Å². The Morgan fingerprint density at radius 1 is 1.21 bits per heavy atom. The number of hydrogen-bond acceptors (Lipinski definition) is 6. The summed E-state index contributed by atoms with van der Waals surface area (Å²) in [5, 5.41) is 2.83. The zero-order valence-electron chi connectivity index (χ0n) is 19.5. The Balaban J connectivity index is 1.75. The van der Waals surface area contributed by atoms with Crippen molar-refractivity contribution in [2.75, 3.05) is 18.5 Å². The molecule has 1 aliphatic heterocycles. The lowest BCUT2D eigenvalue weighted by Gasteiger charge is -2.18. The molecule has 9 heteroatoms. The van der Waals surface area contributed by atoms with E-state index in [2.05, 4.69) is 28.2 Å². The maximum atomic E-state index is 12.7. The summed E-state index contributed by atoms with van der Waals surface area (Å²) >= 11 is 10.2. The minimum atomic E-state index is -0.278. The zero-order chi connectivity index (χ0) is 24.8. The van der Waals surface area contributed by atoms with Gasteiger partial charge >= 0.3 is 0 Å². The predicted molar refractivity (Wildman–Crippen MR) is 145 cm³/mol. The molecule has 2 amide bonds. The molecule has 1 saturated heterocycles. The third-order valence-electron chi connectivity index (χ3n) is 4.96. The first-order valence-electron chi connectivity index (χ1n) is 11.0. The Hall–Kier alpha value is -2.36. The molecule has 2 aromatic carbocycles. The molecule has 0 unspecified atom stereocenters. The van der Waals surface area contributed by atoms with E-state index < -0.39 is 0 Å². The van der Waals surface area contributed by atoms with Gasteiger partial charge in [-0.15, -0.1) is 0 Å². The van der Waals surface area contributed by atoms with Crippen LogP contribution in [0.1, 0.15) is 38.8 Å². The maximum absolute atomic E-state index is 12.7. The van der Waals surface area contributed by atoms with Gasteiger partial charge in [-0.3, -0.25) is 14.5 Å². The van der Waals surface area contributed by atoms with Crippen molar-refractivity contribution >= 4 is 67.8 Å². The molecule has 1 heterocycles. The fourth-order valence-corrected chi connectivity index (χ4v) is 5.41. The van der Waals surface area contributed by atoms with Crippen LogP contribution in [0.5, 0.6) is 11.5 Å². The molecule has 1 N–H and O–H groups in total. The Morgan fingerprint density at radius 3 is 2.50 bits per heavy atom. The van der Waals surface area contributed by atoms with Gasteiger partial charge < -0.3 is 14.8 Å². The number of amides is 2. The summed E-state index contributed by atoms with van der Waals surface area (Å²) in [6.07, 6.45) is 2.72. The van der Waals surface area contributed by atoms with Gasteiger partial charge in [0, 0.05) is 11.7 Å². The van der Waals surface area contributed by atoms with Crippen LogP contribution in [0, 0.1) is 0 Å². The van der Waals surface area contributed by atoms with Gasteiger partial charge in [0.25, 0.3) is 11.8 Å². The van der Waals surface area contributed by atoms with Crippen molar-refractivity contribution < 1.29 is 19.1 Å². The number of benzene rings is 2. The number of nitrogens with one attached hydrogen (secondary N) is 1. The van der Waals surface area contributed by atoms with Crippen LogP contribution < -0.4 is 14.8 Å². The van der Waals surface area contributed by atoms with Crippen LogP contribution in [-0.4, -0.2) is 40.3 Å². The number of ether oxygens (including phenoxy) is 2. The number of anilines is 1. The lowest BCUT2D eigenvalue weighted by atomic mass is 10.1. The van der Waals surface area contributed by atoms with Crippen molar-refractivity contribution in [3.63, 3.8) is 0 Å². The number of aryl methyl sites for hydroxylation is 1. The summed E-state index contributed by atoms with van der Waals surface area (Å²) in [7, 11) is 0. The monoisotopic (exact) mass is 562 g/mol. The minimum absolute atomic E-state index is 0.00405. The molecule has 180 valence electrons. The summed E-state index contributed by atoms with van der Waals surface area (Å²) in [5.74, 6) is 0.510. The lowest BCUT2D eigenvalue weighted by Crippen LogP contribution is -2.34. The molecule has 3 rings (SSSR count). The van der Waals surface area contributed by atoms with Crippen LogP contribution >= 0.6 is 39.9 Å². The molecule has 2 aromatic rings. The second-order valence-electron chi connectivity index (χ2n) is 7.80. The van der Waals surface area contributed by atoms with Gasteiger partial charge in [-0.1, -0.05) is 43.0 Å². The summed E-state index contributed by atoms with van der Waals surface area (Å²) in [4.78, 5) is 27.3. The highest BCUT2D eigenvalue weighted by molar-refractivity contribution is 9.10. The number of carbonyl (C=O) groups excluding carboxylic acids is 2. The smallest absolute Gasteiger partial charge is 0.266 e. The second kappa shape index (κ2) is 11.9. The van der Waals surface area contributed by atoms with Crippen LogP contribution in [0.15, 0.2) is 45.8 Å². The van der Waals surface area contributed by atoms with Crippen molar-refractivity contribution in [3.8, 4) is 11.5 Å². The van der Waals surface area contributed by atoms with E-state index in [-0.39, 0.29) is 24.5 Å². The highest BCUT2D eigenvalue weighted by atomic mass is 79.9. The van der Waals surface area contributed by atoms with Crippen molar-refractivity contribution in [1.29, 1.82) is 0 Å². The quantitative estimate of drug-likeness (QED) is 0.297. The second-order valence-corrected chi connectivity index (χ2v) is 10.3. The van der Waals surface area contributed by atoms with E-state index >= 15 is 0 Å². The van der Waals surface area contributed by atoms with Crippen LogP contribution in [0.25, 0.3) is 6.08 Å². The normalized spacial score (nSPS) is 14.8. The molecule has 6 nitrogen and oxygen atoms in total. The Kier molecular flexibility index (Phi) is 9.16. The molecule has 0 aromatic heterocycles. The van der Waals surface area contributed by atoms with Crippen LogP contribution in [0.4, 0.5) is 5.69 Å². The van der Waals surface area contributed by atoms with E-state index in [0.29, 0.717) is 37.5 Å². The van der Waals surface area contributed by atoms with E-state index in [1.165, 1.54) is 17.3 Å². The molecular formula is C25H27BrN2O4S2. The average Bonchev–Trinajstić information content (AvgIpc) is 3.06. The molecule has 0 aliphatic carbocycles. The van der Waals surface area contributed by atoms with Crippen molar-refractivity contribution in [1.82, 2.24) is 4.90 Å². The van der Waals surface area contributed by atoms with Crippen LogP contribution in [0.3, 0.4) is 0 Å². The van der Waals surface area contributed by atoms with E-state index in [1.807, 2.05) is 51.1 Å². The maximum Gasteiger partial charge on any atom is 0.266 e. The number of halogens is 1. The van der Waals surface area contributed by atoms with Crippen molar-refractivity contribution in [2.24, 2.45) is 0 Å². The number of hydrogen-bond donors (Lipinski definition) is 1. The lowest BCUT2D eigenvalue weighted by molar-refractivity contribution is -0.123. The summed E-state index contributed by atoms with van der Waals surface area (Å²) in [5.41, 5.74) is 2.67. The molecule has 0 radical (unpaired) electrons. The van der Waals surface area contributed by atoms with E-state index in [0.717, 1.165) is 12.0 Å². The number of rotatable bonds is 9. The van der Waals surface area contributed by atoms with E-state index in [1.54, 1.807) is 17.0 Å². The fourth-order valence-electron chi connectivity index (χ4n) is 3.31. The number of thioether (sulfide) groups is 1. The molecule has 0 saturated carbocycles. The Bertz CT molecular complexity index is 1120. The minimum Gasteiger partial charge on any atom is -0.490 e. The Morgan fingerprint density at radius 2 is 1.91 bits per heavy atom. The molecular weight excluding hydrogens is 536 g/mol. The third kappa shape index (κ3) is 6.40. The van der Waals surface area contributed by atoms with Crippen molar-refractivity contribution in [2.45, 2.75) is 40.2 Å². The first-order valence-corrected chi connectivity index (χ1v) is 13.0. The van der Waals surface area contributed by atoms with Crippen LogP contribution in [-0.2, 0) is 16.0 Å². The highest BCUT2D eigenvalue weighted by Gasteiger charge is 2.33. The average molecular weight is 564 g/mol. The van der Waals surface area contributed by atoms with Gasteiger partial charge in [-0.05, 0) is 84.6 Å². The topological polar surface area (TPSA) is 67.9 Å². The molecule has 1 fully saturated rings. The first-order chi connectivity index (χ1) is 16.2. The summed E-state index contributed by atoms with van der Waals surface area (Å²) in [6, 6.07) is 11.3. The molecule has 0 bridgehead atoms. The number of nitrogens with zero attached hydrogens (tertiary/aromatic N) is 1. The highest BCUT2D eigenvalue weighted by Crippen LogP contribution is 2.39. The molecule has 0 atom stereocenters. The zero-order valence-corrected chi connectivity index (χ0v) is 22.7. The first kappa shape index (κ1) is 26.2. The molecule has 1 aliphatic rings. The standard InChI is InChI=1S/C25H27BrN2O4S2/c1-5-16-7-9-18(10-8-16)27-22(29)14-32-23-19(26)11-17(12-20(23)31-6-2)13-21-24(30)28(15(3)4)25(33)34-21/h7-13,15H,5-6,14H2,1-4H3,(H,27,29)/b21-13-. The molecule has 34 heavy (non-hydrogen) atoms. The third-order valence-corrected chi connectivity index (χ3v) is 6.88. The van der Waals surface area contributed by atoms with Gasteiger partial charge in [0.1, 0.15) is 4.32 Å². The molecule has 0 spiro atoms. The van der Waals surface area contributed by atoms with Gasteiger partial charge in [0.15, 0.2) is 18.1 Å². The Labute approximate surface area is 218 Å². The van der Waals surface area contributed by atoms with E-state index in [4.69, 9.17) is 21.7 Å². The largest absolute Gasteiger partial charge is 0.490 e.